The number of anilines is 1. The summed E-state index contributed by atoms with van der Waals surface area (Å²) in [6.45, 7) is 0. The highest BCUT2D eigenvalue weighted by molar-refractivity contribution is 7.91. The number of fused-ring (bicyclic) bond motifs is 1. The molecule has 0 saturated carbocycles. The van der Waals surface area contributed by atoms with Crippen LogP contribution in [0.2, 0.25) is 5.02 Å². The zero-order valence-corrected chi connectivity index (χ0v) is 18.7. The number of carboxylic acid groups (broad SMARTS) is 1. The third-order valence-corrected chi connectivity index (χ3v) is 7.05. The minimum Gasteiger partial charge on any atom is -0.495 e. The number of carbonyl (C=O) groups is 2. The number of benzene rings is 3. The Kier molecular flexibility index (Phi) is 5.84. The lowest BCUT2D eigenvalue weighted by molar-refractivity contribution is 0.0696. The fraction of sp³-hybridized carbons (Fsp3) is 0.0435. The molecule has 1 amide bonds. The Morgan fingerprint density at radius 2 is 1.67 bits per heavy atom. The topological polar surface area (TPSA) is 126 Å². The van der Waals surface area contributed by atoms with E-state index < -0.39 is 21.7 Å². The number of aromatic carboxylic acids is 1. The molecule has 10 heteroatoms. The van der Waals surface area contributed by atoms with E-state index in [1.807, 2.05) is 0 Å². The number of carbonyl (C=O) groups excluding carboxylic acids is 1. The Bertz CT molecular complexity index is 1490. The molecule has 0 bridgehead atoms. The lowest BCUT2D eigenvalue weighted by Crippen LogP contribution is -2.12. The molecule has 0 aliphatic carbocycles. The van der Waals surface area contributed by atoms with E-state index in [0.29, 0.717) is 16.6 Å². The van der Waals surface area contributed by atoms with Crippen LogP contribution in [0, 0.1) is 0 Å². The summed E-state index contributed by atoms with van der Waals surface area (Å²) in [5, 5.41) is 12.2. The highest BCUT2D eigenvalue weighted by Gasteiger charge is 2.26. The van der Waals surface area contributed by atoms with E-state index in [-0.39, 0.29) is 31.7 Å². The van der Waals surface area contributed by atoms with Gasteiger partial charge < -0.3 is 20.1 Å². The van der Waals surface area contributed by atoms with Gasteiger partial charge in [-0.2, -0.15) is 0 Å². The standard InChI is InChI=1S/C23H17ClN2O6S/c1-32-19-9-5-15(24)11-20(19)33(30,31)21-12-25-18-8-4-14(10-17(18)21)22(27)26-16-6-2-13(3-7-16)23(28)29/h2-12,25H,1H3,(H,26,27)(H,28,29). The van der Waals surface area contributed by atoms with Crippen LogP contribution in [0.4, 0.5) is 5.69 Å². The maximum atomic E-state index is 13.4. The van der Waals surface area contributed by atoms with Crippen LogP contribution in [-0.4, -0.2) is 37.5 Å². The smallest absolute Gasteiger partial charge is 0.335 e. The maximum Gasteiger partial charge on any atom is 0.335 e. The quantitative estimate of drug-likeness (QED) is 0.367. The predicted molar refractivity (Wildman–Crippen MR) is 123 cm³/mol. The Morgan fingerprint density at radius 1 is 0.970 bits per heavy atom. The normalized spacial score (nSPS) is 11.3. The molecule has 0 aliphatic heterocycles. The molecule has 0 saturated heterocycles. The van der Waals surface area contributed by atoms with Crippen molar-refractivity contribution in [3.05, 3.63) is 83.0 Å². The van der Waals surface area contributed by atoms with Crippen LogP contribution in [0.3, 0.4) is 0 Å². The van der Waals surface area contributed by atoms with Crippen LogP contribution in [0.1, 0.15) is 20.7 Å². The maximum absolute atomic E-state index is 13.4. The Hall–Kier alpha value is -3.82. The molecule has 1 heterocycles. The number of sulfone groups is 1. The predicted octanol–water partition coefficient (Wildman–Crippen LogP) is 4.61. The van der Waals surface area contributed by atoms with Crippen molar-refractivity contribution in [3.63, 3.8) is 0 Å². The summed E-state index contributed by atoms with van der Waals surface area (Å²) in [6, 6.07) is 14.6. The number of H-pyrrole nitrogens is 1. The summed E-state index contributed by atoms with van der Waals surface area (Å²) < 4.78 is 32.0. The van der Waals surface area contributed by atoms with Crippen molar-refractivity contribution in [3.8, 4) is 5.75 Å². The van der Waals surface area contributed by atoms with Crippen LogP contribution in [0.25, 0.3) is 10.9 Å². The highest BCUT2D eigenvalue weighted by atomic mass is 35.5. The number of aromatic nitrogens is 1. The van der Waals surface area contributed by atoms with Crippen LogP contribution < -0.4 is 10.1 Å². The summed E-state index contributed by atoms with van der Waals surface area (Å²) in [4.78, 5) is 26.5. The van der Waals surface area contributed by atoms with E-state index in [1.54, 1.807) is 12.1 Å². The first-order valence-corrected chi connectivity index (χ1v) is 11.4. The third kappa shape index (κ3) is 4.28. The van der Waals surface area contributed by atoms with Gasteiger partial charge in [0.05, 0.1) is 17.6 Å². The number of nitrogens with one attached hydrogen (secondary N) is 2. The first-order valence-electron chi connectivity index (χ1n) is 9.55. The van der Waals surface area contributed by atoms with Gasteiger partial charge in [0.15, 0.2) is 0 Å². The molecule has 0 unspecified atom stereocenters. The van der Waals surface area contributed by atoms with Gasteiger partial charge in [0.25, 0.3) is 5.91 Å². The van der Waals surface area contributed by atoms with Crippen molar-refractivity contribution in [2.24, 2.45) is 0 Å². The molecule has 4 rings (SSSR count). The summed E-state index contributed by atoms with van der Waals surface area (Å²) in [6.07, 6.45) is 1.35. The number of methoxy groups -OCH3 is 1. The van der Waals surface area contributed by atoms with Gasteiger partial charge in [0.2, 0.25) is 9.84 Å². The van der Waals surface area contributed by atoms with Crippen molar-refractivity contribution < 1.29 is 27.9 Å². The largest absolute Gasteiger partial charge is 0.495 e. The van der Waals surface area contributed by atoms with Gasteiger partial charge in [-0.15, -0.1) is 0 Å². The van der Waals surface area contributed by atoms with Gasteiger partial charge in [-0.3, -0.25) is 4.79 Å². The van der Waals surface area contributed by atoms with Gasteiger partial charge in [0, 0.05) is 33.4 Å². The first kappa shape index (κ1) is 22.4. The van der Waals surface area contributed by atoms with E-state index in [4.69, 9.17) is 21.4 Å². The van der Waals surface area contributed by atoms with Gasteiger partial charge in [-0.1, -0.05) is 11.6 Å². The number of rotatable bonds is 6. The van der Waals surface area contributed by atoms with E-state index in [2.05, 4.69) is 10.3 Å². The molecule has 0 atom stereocenters. The second-order valence-corrected chi connectivity index (χ2v) is 9.37. The minimum absolute atomic E-state index is 0.0291. The molecule has 168 valence electrons. The number of carboxylic acids is 1. The Morgan fingerprint density at radius 3 is 2.33 bits per heavy atom. The zero-order chi connectivity index (χ0) is 23.8. The van der Waals surface area contributed by atoms with Gasteiger partial charge in [0.1, 0.15) is 10.6 Å². The fourth-order valence-electron chi connectivity index (χ4n) is 3.34. The SMILES string of the molecule is COc1ccc(Cl)cc1S(=O)(=O)c1c[nH]c2ccc(C(=O)Nc3ccc(C(=O)O)cc3)cc12. The fourth-order valence-corrected chi connectivity index (χ4v) is 5.18. The van der Waals surface area contributed by atoms with E-state index in [0.717, 1.165) is 0 Å². The second-order valence-electron chi connectivity index (χ2n) is 7.05. The monoisotopic (exact) mass is 484 g/mol. The molecule has 3 aromatic carbocycles. The minimum atomic E-state index is -4.03. The molecule has 1 aromatic heterocycles. The zero-order valence-electron chi connectivity index (χ0n) is 17.1. The lowest BCUT2D eigenvalue weighted by Gasteiger charge is -2.10. The molecule has 4 aromatic rings. The summed E-state index contributed by atoms with van der Waals surface area (Å²) in [5.74, 6) is -1.41. The van der Waals surface area contributed by atoms with Crippen molar-refractivity contribution >= 4 is 49.9 Å². The Labute approximate surface area is 193 Å². The van der Waals surface area contributed by atoms with Crippen molar-refractivity contribution in [1.82, 2.24) is 4.98 Å². The Balaban J connectivity index is 1.71. The molecular weight excluding hydrogens is 468 g/mol. The number of hydrogen-bond donors (Lipinski definition) is 3. The summed E-state index contributed by atoms with van der Waals surface area (Å²) in [7, 11) is -2.67. The molecule has 0 spiro atoms. The van der Waals surface area contributed by atoms with E-state index in [1.165, 1.54) is 61.8 Å². The number of ether oxygens (including phenoxy) is 1. The van der Waals surface area contributed by atoms with Crippen LogP contribution in [0.5, 0.6) is 5.75 Å². The van der Waals surface area contributed by atoms with Crippen molar-refractivity contribution in [1.29, 1.82) is 0 Å². The van der Waals surface area contributed by atoms with Crippen LogP contribution in [-0.2, 0) is 9.84 Å². The molecular formula is C23H17ClN2O6S. The molecule has 0 aliphatic rings. The first-order chi connectivity index (χ1) is 15.7. The van der Waals surface area contributed by atoms with E-state index >= 15 is 0 Å². The van der Waals surface area contributed by atoms with Gasteiger partial charge >= 0.3 is 5.97 Å². The number of aromatic amines is 1. The van der Waals surface area contributed by atoms with Crippen molar-refractivity contribution in [2.45, 2.75) is 9.79 Å². The molecule has 3 N–H and O–H groups in total. The second kappa shape index (κ2) is 8.61. The number of amides is 1. The number of halogens is 1. The van der Waals surface area contributed by atoms with Crippen LogP contribution in [0.15, 0.2) is 76.7 Å². The molecule has 0 fully saturated rings. The average Bonchev–Trinajstić information content (AvgIpc) is 3.23. The number of hydrogen-bond acceptors (Lipinski definition) is 5. The summed E-state index contributed by atoms with van der Waals surface area (Å²) >= 11 is 6.02. The van der Waals surface area contributed by atoms with Crippen molar-refractivity contribution in [2.75, 3.05) is 12.4 Å². The lowest BCUT2D eigenvalue weighted by atomic mass is 10.1. The summed E-state index contributed by atoms with van der Waals surface area (Å²) in [5.41, 5.74) is 1.24. The highest BCUT2D eigenvalue weighted by Crippen LogP contribution is 2.35. The molecule has 8 nitrogen and oxygen atoms in total. The third-order valence-electron chi connectivity index (χ3n) is 5.00. The molecule has 33 heavy (non-hydrogen) atoms. The van der Waals surface area contributed by atoms with Gasteiger partial charge in [-0.25, -0.2) is 13.2 Å². The van der Waals surface area contributed by atoms with Crippen LogP contribution >= 0.6 is 11.6 Å². The van der Waals surface area contributed by atoms with E-state index in [9.17, 15) is 18.0 Å². The van der Waals surface area contributed by atoms with Gasteiger partial charge in [-0.05, 0) is 60.7 Å². The molecule has 0 radical (unpaired) electrons. The average molecular weight is 485 g/mol.